The smallest absolute Gasteiger partial charge is 0.358 e. The third kappa shape index (κ3) is 3.32. The molecule has 1 fully saturated rings. The summed E-state index contributed by atoms with van der Waals surface area (Å²) in [7, 11) is 4.04. The zero-order chi connectivity index (χ0) is 16.4. The molecule has 8 heteroatoms. The van der Waals surface area contributed by atoms with Gasteiger partial charge < -0.3 is 19.9 Å². The predicted molar refractivity (Wildman–Crippen MR) is 92.5 cm³/mol. The van der Waals surface area contributed by atoms with Gasteiger partial charge in [0.05, 0.1) is 0 Å². The molecule has 0 atom stereocenters. The van der Waals surface area contributed by atoms with E-state index in [2.05, 4.69) is 16.9 Å². The van der Waals surface area contributed by atoms with E-state index in [1.165, 1.54) is 43.4 Å². The Kier molecular flexibility index (Phi) is 4.82. The highest BCUT2D eigenvalue weighted by Crippen LogP contribution is 2.30. The molecule has 1 aliphatic rings. The molecule has 23 heavy (non-hydrogen) atoms. The van der Waals surface area contributed by atoms with Crippen LogP contribution in [0.5, 0.6) is 0 Å². The maximum atomic E-state index is 11.4. The van der Waals surface area contributed by atoms with Gasteiger partial charge in [0.2, 0.25) is 5.82 Å². The maximum absolute atomic E-state index is 11.4. The SMILES string of the molecule is CN(CCN(C)C1CCCCC1)c1nc2sccn2c1[N+](=O)[O-]. The molecule has 1 saturated carbocycles. The lowest BCUT2D eigenvalue weighted by molar-refractivity contribution is -0.389. The summed E-state index contributed by atoms with van der Waals surface area (Å²) in [6.07, 6.45) is 8.21. The van der Waals surface area contributed by atoms with Gasteiger partial charge in [-0.2, -0.15) is 9.38 Å². The van der Waals surface area contributed by atoms with Crippen molar-refractivity contribution < 1.29 is 4.92 Å². The zero-order valence-corrected chi connectivity index (χ0v) is 14.5. The van der Waals surface area contributed by atoms with E-state index in [1.807, 2.05) is 17.3 Å². The molecular weight excluding hydrogens is 314 g/mol. The minimum Gasteiger partial charge on any atom is -0.358 e. The second-order valence-corrected chi connectivity index (χ2v) is 7.14. The predicted octanol–water partition coefficient (Wildman–Crippen LogP) is 3.00. The minimum atomic E-state index is -0.344. The highest BCUT2D eigenvalue weighted by Gasteiger charge is 2.26. The van der Waals surface area contributed by atoms with Crippen LogP contribution in [0.25, 0.3) is 4.96 Å². The minimum absolute atomic E-state index is 0.0593. The number of anilines is 1. The molecule has 0 unspecified atom stereocenters. The number of fused-ring (bicyclic) bond motifs is 1. The normalized spacial score (nSPS) is 16.3. The lowest BCUT2D eigenvalue weighted by Crippen LogP contribution is -2.38. The van der Waals surface area contributed by atoms with Crippen molar-refractivity contribution in [2.45, 2.75) is 38.1 Å². The van der Waals surface area contributed by atoms with Crippen molar-refractivity contribution in [2.75, 3.05) is 32.1 Å². The van der Waals surface area contributed by atoms with Crippen molar-refractivity contribution in [1.29, 1.82) is 0 Å². The van der Waals surface area contributed by atoms with Gasteiger partial charge in [0.25, 0.3) is 4.96 Å². The van der Waals surface area contributed by atoms with E-state index in [0.29, 0.717) is 16.8 Å². The van der Waals surface area contributed by atoms with Gasteiger partial charge in [-0.05, 0) is 24.8 Å². The molecule has 7 nitrogen and oxygen atoms in total. The van der Waals surface area contributed by atoms with Crippen LogP contribution in [0, 0.1) is 10.1 Å². The quantitative estimate of drug-likeness (QED) is 0.599. The van der Waals surface area contributed by atoms with Gasteiger partial charge in [-0.1, -0.05) is 30.6 Å². The third-order valence-corrected chi connectivity index (χ3v) is 5.50. The lowest BCUT2D eigenvalue weighted by atomic mass is 9.94. The van der Waals surface area contributed by atoms with Crippen molar-refractivity contribution in [3.05, 3.63) is 21.7 Å². The van der Waals surface area contributed by atoms with Crippen molar-refractivity contribution >= 4 is 27.9 Å². The molecule has 0 saturated heterocycles. The molecular formula is C15H23N5O2S. The summed E-state index contributed by atoms with van der Waals surface area (Å²) in [4.78, 5) is 20.4. The van der Waals surface area contributed by atoms with Crippen LogP contribution in [-0.2, 0) is 0 Å². The molecule has 2 aromatic heterocycles. The first-order chi connectivity index (χ1) is 11.1. The number of hydrogen-bond donors (Lipinski definition) is 0. The van der Waals surface area contributed by atoms with Crippen molar-refractivity contribution in [1.82, 2.24) is 14.3 Å². The summed E-state index contributed by atoms with van der Waals surface area (Å²) in [6, 6.07) is 0.651. The lowest BCUT2D eigenvalue weighted by Gasteiger charge is -2.32. The largest absolute Gasteiger partial charge is 0.373 e. The Morgan fingerprint density at radius 2 is 2.09 bits per heavy atom. The number of hydrogen-bond acceptors (Lipinski definition) is 6. The van der Waals surface area contributed by atoms with Crippen LogP contribution in [0.1, 0.15) is 32.1 Å². The molecule has 1 aliphatic carbocycles. The van der Waals surface area contributed by atoms with Gasteiger partial charge in [0, 0.05) is 31.6 Å². The summed E-state index contributed by atoms with van der Waals surface area (Å²) in [5.74, 6) is 0.517. The van der Waals surface area contributed by atoms with E-state index in [-0.39, 0.29) is 10.7 Å². The van der Waals surface area contributed by atoms with E-state index in [0.717, 1.165) is 13.1 Å². The van der Waals surface area contributed by atoms with Crippen LogP contribution in [0.4, 0.5) is 11.6 Å². The van der Waals surface area contributed by atoms with Crippen LogP contribution < -0.4 is 4.90 Å². The summed E-state index contributed by atoms with van der Waals surface area (Å²) in [5.41, 5.74) is 0. The van der Waals surface area contributed by atoms with Gasteiger partial charge in [-0.25, -0.2) is 0 Å². The Balaban J connectivity index is 1.68. The standard InChI is InChI=1S/C15H23N5O2S/c1-17(12-6-4-3-5-7-12)8-9-18(2)13-14(20(21)22)19-10-11-23-15(19)16-13/h10-12H,3-9H2,1-2H3. The zero-order valence-electron chi connectivity index (χ0n) is 13.6. The Hall–Kier alpha value is -1.67. The van der Waals surface area contributed by atoms with Crippen LogP contribution in [0.3, 0.4) is 0 Å². The topological polar surface area (TPSA) is 66.9 Å². The highest BCUT2D eigenvalue weighted by molar-refractivity contribution is 7.15. The van der Waals surface area contributed by atoms with E-state index in [4.69, 9.17) is 0 Å². The second kappa shape index (κ2) is 6.84. The Morgan fingerprint density at radius 1 is 1.35 bits per heavy atom. The first kappa shape index (κ1) is 16.2. The molecule has 0 aliphatic heterocycles. The maximum Gasteiger partial charge on any atom is 0.373 e. The van der Waals surface area contributed by atoms with E-state index in [9.17, 15) is 10.1 Å². The molecule has 0 N–H and O–H groups in total. The Morgan fingerprint density at radius 3 is 2.78 bits per heavy atom. The molecule has 2 aromatic rings. The number of aromatic nitrogens is 2. The van der Waals surface area contributed by atoms with Gasteiger partial charge in [0.1, 0.15) is 6.20 Å². The summed E-state index contributed by atoms with van der Waals surface area (Å²) in [6.45, 7) is 1.63. The van der Waals surface area contributed by atoms with Gasteiger partial charge in [-0.3, -0.25) is 0 Å². The molecule has 2 heterocycles. The van der Waals surface area contributed by atoms with Crippen LogP contribution >= 0.6 is 11.3 Å². The average molecular weight is 337 g/mol. The monoisotopic (exact) mass is 337 g/mol. The first-order valence-electron chi connectivity index (χ1n) is 8.09. The van der Waals surface area contributed by atoms with Gasteiger partial charge in [-0.15, -0.1) is 0 Å². The fourth-order valence-corrected chi connectivity index (χ4v) is 4.01. The second-order valence-electron chi connectivity index (χ2n) is 6.27. The number of imidazole rings is 1. The summed E-state index contributed by atoms with van der Waals surface area (Å²) in [5, 5.41) is 13.2. The van der Waals surface area contributed by atoms with Gasteiger partial charge >= 0.3 is 5.82 Å². The van der Waals surface area contributed by atoms with E-state index in [1.54, 1.807) is 10.6 Å². The van der Waals surface area contributed by atoms with Crippen molar-refractivity contribution in [3.63, 3.8) is 0 Å². The van der Waals surface area contributed by atoms with E-state index < -0.39 is 0 Å². The van der Waals surface area contributed by atoms with Crippen molar-refractivity contribution in [3.8, 4) is 0 Å². The number of nitro groups is 1. The average Bonchev–Trinajstić information content (AvgIpc) is 3.13. The fourth-order valence-electron chi connectivity index (χ4n) is 3.31. The number of thiazole rings is 1. The van der Waals surface area contributed by atoms with Crippen LogP contribution in [-0.4, -0.2) is 52.4 Å². The van der Waals surface area contributed by atoms with Crippen LogP contribution in [0.15, 0.2) is 11.6 Å². The number of rotatable bonds is 6. The Bertz CT molecular complexity index is 677. The van der Waals surface area contributed by atoms with Crippen molar-refractivity contribution in [2.24, 2.45) is 0 Å². The number of nitrogens with zero attached hydrogens (tertiary/aromatic N) is 5. The Labute approximate surface area is 139 Å². The first-order valence-corrected chi connectivity index (χ1v) is 8.97. The molecule has 3 rings (SSSR count). The highest BCUT2D eigenvalue weighted by atomic mass is 32.1. The molecule has 0 bridgehead atoms. The third-order valence-electron chi connectivity index (χ3n) is 4.74. The number of likely N-dealkylation sites (N-methyl/N-ethyl adjacent to an activating group) is 2. The molecule has 0 radical (unpaired) electrons. The molecule has 0 aromatic carbocycles. The van der Waals surface area contributed by atoms with Gasteiger partial charge in [0.15, 0.2) is 0 Å². The summed E-state index contributed by atoms with van der Waals surface area (Å²) < 4.78 is 1.56. The molecule has 126 valence electrons. The molecule has 0 amide bonds. The van der Waals surface area contributed by atoms with E-state index >= 15 is 0 Å². The van der Waals surface area contributed by atoms with Crippen LogP contribution in [0.2, 0.25) is 0 Å². The fraction of sp³-hybridized carbons (Fsp3) is 0.667. The molecule has 0 spiro atoms. The summed E-state index contributed by atoms with van der Waals surface area (Å²) >= 11 is 1.41.